The first-order chi connectivity index (χ1) is 15.1. The van der Waals surface area contributed by atoms with E-state index in [2.05, 4.69) is 33.4 Å². The Kier molecular flexibility index (Phi) is 7.95. The fourth-order valence-corrected chi connectivity index (χ4v) is 4.00. The van der Waals surface area contributed by atoms with E-state index in [-0.39, 0.29) is 5.91 Å². The van der Waals surface area contributed by atoms with Crippen LogP contribution in [0.25, 0.3) is 0 Å². The topological polar surface area (TPSA) is 56.8 Å². The van der Waals surface area contributed by atoms with Crippen LogP contribution in [0.5, 0.6) is 17.2 Å². The predicted molar refractivity (Wildman–Crippen MR) is 125 cm³/mol. The Labute approximate surface area is 191 Å². The molecule has 1 N–H and O–H groups in total. The van der Waals surface area contributed by atoms with Crippen LogP contribution in [0.1, 0.15) is 27.0 Å². The van der Waals surface area contributed by atoms with Crippen LogP contribution in [0, 0.1) is 0 Å². The van der Waals surface area contributed by atoms with E-state index < -0.39 is 0 Å². The SMILES string of the molecule is CNC(=O)c1cc(OC)c(OC)c(CCc2ccc(OCc3ccccc3)cc2)c1Br. The Hall–Kier alpha value is -2.99. The van der Waals surface area contributed by atoms with Crippen molar-refractivity contribution in [3.05, 3.63) is 87.4 Å². The zero-order chi connectivity index (χ0) is 22.2. The maximum absolute atomic E-state index is 12.3. The summed E-state index contributed by atoms with van der Waals surface area (Å²) in [6.07, 6.45) is 1.45. The first-order valence-electron chi connectivity index (χ1n) is 9.98. The number of nitrogens with one attached hydrogen (secondary N) is 1. The third kappa shape index (κ3) is 5.58. The summed E-state index contributed by atoms with van der Waals surface area (Å²) in [5.74, 6) is 1.80. The minimum absolute atomic E-state index is 0.186. The third-order valence-electron chi connectivity index (χ3n) is 5.01. The van der Waals surface area contributed by atoms with E-state index in [1.165, 1.54) is 0 Å². The van der Waals surface area contributed by atoms with E-state index in [0.717, 1.165) is 28.9 Å². The van der Waals surface area contributed by atoms with Crippen LogP contribution in [0.15, 0.2) is 65.1 Å². The second-order valence-corrected chi connectivity index (χ2v) is 7.74. The maximum Gasteiger partial charge on any atom is 0.252 e. The molecule has 0 atom stereocenters. The summed E-state index contributed by atoms with van der Waals surface area (Å²) < 4.78 is 17.6. The number of rotatable bonds is 9. The first kappa shape index (κ1) is 22.7. The number of aryl methyl sites for hydroxylation is 1. The lowest BCUT2D eigenvalue weighted by molar-refractivity contribution is 0.0961. The van der Waals surface area contributed by atoms with Crippen LogP contribution in [-0.4, -0.2) is 27.2 Å². The van der Waals surface area contributed by atoms with E-state index in [1.54, 1.807) is 27.3 Å². The molecule has 0 spiro atoms. The molecule has 3 aromatic carbocycles. The van der Waals surface area contributed by atoms with Gasteiger partial charge in [-0.1, -0.05) is 42.5 Å². The Morgan fingerprint density at radius 3 is 2.26 bits per heavy atom. The summed E-state index contributed by atoms with van der Waals surface area (Å²) >= 11 is 3.59. The Balaban J connectivity index is 1.73. The standard InChI is InChI=1S/C25H26BrNO4/c1-27-25(28)21-15-22(29-2)24(30-3)20(23(21)26)14-11-17-9-12-19(13-10-17)31-16-18-7-5-4-6-8-18/h4-10,12-13,15H,11,14,16H2,1-3H3,(H,27,28). The second kappa shape index (κ2) is 10.9. The Morgan fingerprint density at radius 1 is 0.935 bits per heavy atom. The van der Waals surface area contributed by atoms with Gasteiger partial charge in [-0.05, 0) is 58.1 Å². The van der Waals surface area contributed by atoms with Gasteiger partial charge in [-0.2, -0.15) is 0 Å². The molecule has 0 aliphatic carbocycles. The van der Waals surface area contributed by atoms with Crippen molar-refractivity contribution in [3.63, 3.8) is 0 Å². The molecule has 5 nitrogen and oxygen atoms in total. The maximum atomic E-state index is 12.3. The first-order valence-corrected chi connectivity index (χ1v) is 10.8. The van der Waals surface area contributed by atoms with Gasteiger partial charge < -0.3 is 19.5 Å². The van der Waals surface area contributed by atoms with Gasteiger partial charge in [-0.15, -0.1) is 0 Å². The van der Waals surface area contributed by atoms with Gasteiger partial charge >= 0.3 is 0 Å². The van der Waals surface area contributed by atoms with Gasteiger partial charge in [-0.25, -0.2) is 0 Å². The van der Waals surface area contributed by atoms with Gasteiger partial charge in [0.05, 0.1) is 19.8 Å². The van der Waals surface area contributed by atoms with E-state index in [9.17, 15) is 4.79 Å². The minimum Gasteiger partial charge on any atom is -0.493 e. The number of halogens is 1. The van der Waals surface area contributed by atoms with E-state index >= 15 is 0 Å². The average molecular weight is 484 g/mol. The molecule has 0 aliphatic rings. The van der Waals surface area contributed by atoms with Crippen molar-refractivity contribution in [2.45, 2.75) is 19.4 Å². The van der Waals surface area contributed by atoms with Crippen LogP contribution >= 0.6 is 15.9 Å². The molecule has 3 rings (SSSR count). The molecule has 6 heteroatoms. The number of amides is 1. The van der Waals surface area contributed by atoms with Crippen molar-refractivity contribution in [2.24, 2.45) is 0 Å². The van der Waals surface area contributed by atoms with E-state index in [0.29, 0.717) is 34.6 Å². The minimum atomic E-state index is -0.186. The summed E-state index contributed by atoms with van der Waals surface area (Å²) in [6.45, 7) is 0.538. The van der Waals surface area contributed by atoms with Crippen LogP contribution in [0.2, 0.25) is 0 Å². The van der Waals surface area contributed by atoms with E-state index in [4.69, 9.17) is 14.2 Å². The zero-order valence-electron chi connectivity index (χ0n) is 17.9. The normalized spacial score (nSPS) is 10.5. The highest BCUT2D eigenvalue weighted by molar-refractivity contribution is 9.10. The molecule has 0 radical (unpaired) electrons. The molecular formula is C25H26BrNO4. The molecule has 0 aliphatic heterocycles. The Bertz CT molecular complexity index is 1020. The molecule has 0 fully saturated rings. The summed E-state index contributed by atoms with van der Waals surface area (Å²) in [6, 6.07) is 19.8. The van der Waals surface area contributed by atoms with Gasteiger partial charge in [0.2, 0.25) is 0 Å². The molecule has 0 heterocycles. The summed E-state index contributed by atoms with van der Waals surface area (Å²) in [4.78, 5) is 12.3. The number of hydrogen-bond acceptors (Lipinski definition) is 4. The van der Waals surface area contributed by atoms with Gasteiger partial charge in [0.1, 0.15) is 12.4 Å². The quantitative estimate of drug-likeness (QED) is 0.454. The third-order valence-corrected chi connectivity index (χ3v) is 5.91. The number of hydrogen-bond donors (Lipinski definition) is 1. The van der Waals surface area contributed by atoms with Crippen molar-refractivity contribution < 1.29 is 19.0 Å². The molecule has 3 aromatic rings. The average Bonchev–Trinajstić information content (AvgIpc) is 2.82. The lowest BCUT2D eigenvalue weighted by atomic mass is 10.0. The highest BCUT2D eigenvalue weighted by Crippen LogP contribution is 2.39. The fraction of sp³-hybridized carbons (Fsp3) is 0.240. The predicted octanol–water partition coefficient (Wildman–Crippen LogP) is 5.19. The largest absolute Gasteiger partial charge is 0.493 e. The van der Waals surface area contributed by atoms with Crippen molar-refractivity contribution in [1.29, 1.82) is 0 Å². The van der Waals surface area contributed by atoms with Crippen molar-refractivity contribution >= 4 is 21.8 Å². The summed E-state index contributed by atoms with van der Waals surface area (Å²) in [7, 11) is 4.77. The monoisotopic (exact) mass is 483 g/mol. The number of carbonyl (C=O) groups excluding carboxylic acids is 1. The molecule has 1 amide bonds. The molecule has 0 unspecified atom stereocenters. The fourth-order valence-electron chi connectivity index (χ4n) is 3.33. The van der Waals surface area contributed by atoms with Gasteiger partial charge in [0.15, 0.2) is 11.5 Å². The highest BCUT2D eigenvalue weighted by Gasteiger charge is 2.21. The van der Waals surface area contributed by atoms with Crippen LogP contribution in [-0.2, 0) is 19.4 Å². The van der Waals surface area contributed by atoms with Crippen LogP contribution < -0.4 is 19.5 Å². The van der Waals surface area contributed by atoms with Crippen LogP contribution in [0.4, 0.5) is 0 Å². The highest BCUT2D eigenvalue weighted by atomic mass is 79.9. The van der Waals surface area contributed by atoms with Crippen LogP contribution in [0.3, 0.4) is 0 Å². The van der Waals surface area contributed by atoms with E-state index in [1.807, 2.05) is 42.5 Å². The number of carbonyl (C=O) groups is 1. The van der Waals surface area contributed by atoms with Gasteiger partial charge in [0.25, 0.3) is 5.91 Å². The molecule has 0 saturated carbocycles. The number of benzene rings is 3. The molecule has 31 heavy (non-hydrogen) atoms. The smallest absolute Gasteiger partial charge is 0.252 e. The lowest BCUT2D eigenvalue weighted by Crippen LogP contribution is -2.19. The van der Waals surface area contributed by atoms with Crippen molar-refractivity contribution in [3.8, 4) is 17.2 Å². The summed E-state index contributed by atoms with van der Waals surface area (Å²) in [5.41, 5.74) is 3.70. The van der Waals surface area contributed by atoms with Crippen molar-refractivity contribution in [2.75, 3.05) is 21.3 Å². The number of ether oxygens (including phenoxy) is 3. The molecular weight excluding hydrogens is 458 g/mol. The van der Waals surface area contributed by atoms with Gasteiger partial charge in [-0.3, -0.25) is 4.79 Å². The molecule has 0 aromatic heterocycles. The van der Waals surface area contributed by atoms with Crippen molar-refractivity contribution in [1.82, 2.24) is 5.32 Å². The molecule has 0 bridgehead atoms. The second-order valence-electron chi connectivity index (χ2n) is 6.95. The molecule has 162 valence electrons. The number of methoxy groups -OCH3 is 2. The Morgan fingerprint density at radius 2 is 1.65 bits per heavy atom. The van der Waals surface area contributed by atoms with Gasteiger partial charge in [0, 0.05) is 17.1 Å². The molecule has 0 saturated heterocycles. The lowest BCUT2D eigenvalue weighted by Gasteiger charge is -2.17. The zero-order valence-corrected chi connectivity index (χ0v) is 19.5. The summed E-state index contributed by atoms with van der Waals surface area (Å²) in [5, 5.41) is 2.66.